The second-order valence-electron chi connectivity index (χ2n) is 13.0. The highest BCUT2D eigenvalue weighted by atomic mass is 16.6. The number of ketones is 4. The fourth-order valence-electron chi connectivity index (χ4n) is 7.89. The Bertz CT molecular complexity index is 2040. The lowest BCUT2D eigenvalue weighted by molar-refractivity contribution is -0.181. The number of ether oxygens (including phenoxy) is 4. The average Bonchev–Trinajstić information content (AvgIpc) is 3.09. The fourth-order valence-corrected chi connectivity index (χ4v) is 7.89. The van der Waals surface area contributed by atoms with E-state index in [1.54, 1.807) is 6.92 Å². The molecule has 1 fully saturated rings. The highest BCUT2D eigenvalue weighted by molar-refractivity contribution is 6.31. The van der Waals surface area contributed by atoms with Crippen LogP contribution in [0.5, 0.6) is 11.5 Å². The zero-order chi connectivity index (χ0) is 38.9. The van der Waals surface area contributed by atoms with Crippen molar-refractivity contribution in [3.8, 4) is 11.5 Å². The van der Waals surface area contributed by atoms with E-state index in [0.29, 0.717) is 0 Å². The lowest BCUT2D eigenvalue weighted by Gasteiger charge is -2.52. The van der Waals surface area contributed by atoms with Crippen LogP contribution in [0, 0.1) is 6.92 Å². The molecule has 2 aromatic rings. The highest BCUT2D eigenvalue weighted by Gasteiger charge is 2.72. The molecule has 2 aromatic carbocycles. The molecule has 0 saturated carbocycles. The number of rotatable bonds is 9. The first-order valence-corrected chi connectivity index (χ1v) is 16.3. The van der Waals surface area contributed by atoms with Crippen LogP contribution in [0.1, 0.15) is 75.4 Å². The number of phenols is 2. The third-order valence-electron chi connectivity index (χ3n) is 10.2. The Hall–Kier alpha value is -5.08. The number of benzene rings is 2. The molecule has 1 saturated heterocycles. The maximum absolute atomic E-state index is 14.6. The maximum Gasteiger partial charge on any atom is 0.339 e. The molecule has 0 amide bonds. The second kappa shape index (κ2) is 13.4. The minimum Gasteiger partial charge on any atom is -0.507 e. The number of aromatic hydroxyl groups is 2. The van der Waals surface area contributed by atoms with Crippen molar-refractivity contribution in [2.24, 2.45) is 10.9 Å². The summed E-state index contributed by atoms with van der Waals surface area (Å²) >= 11 is 0. The molecule has 282 valence electrons. The van der Waals surface area contributed by atoms with Crippen molar-refractivity contribution in [1.82, 2.24) is 5.32 Å². The summed E-state index contributed by atoms with van der Waals surface area (Å²) in [6, 6.07) is 2.06. The Labute approximate surface area is 300 Å². The van der Waals surface area contributed by atoms with Gasteiger partial charge in [-0.25, -0.2) is 4.79 Å². The van der Waals surface area contributed by atoms with Gasteiger partial charge in [-0.2, -0.15) is 0 Å². The van der Waals surface area contributed by atoms with Crippen LogP contribution in [0.15, 0.2) is 29.1 Å². The molecule has 3 aliphatic carbocycles. The summed E-state index contributed by atoms with van der Waals surface area (Å²) in [5.41, 5.74) is -5.15. The van der Waals surface area contributed by atoms with Crippen LogP contribution in [0.25, 0.3) is 0 Å². The summed E-state index contributed by atoms with van der Waals surface area (Å²) in [5.74, 6) is -8.53. The topological polar surface area (TPSA) is 283 Å². The zero-order valence-corrected chi connectivity index (χ0v) is 29.1. The third kappa shape index (κ3) is 5.12. The van der Waals surface area contributed by atoms with Gasteiger partial charge >= 0.3 is 5.97 Å². The number of Topliss-reactive ketones (excluding diaryl/α,β-unsaturated/α-hetero) is 3. The number of phenolic OH excluding ortho intramolecular Hbond substituents is 1. The number of oxime groups is 1. The van der Waals surface area contributed by atoms with Gasteiger partial charge in [-0.3, -0.25) is 19.2 Å². The molecule has 4 aliphatic rings. The molecule has 6 rings (SSSR count). The van der Waals surface area contributed by atoms with Gasteiger partial charge in [-0.05, 0) is 31.0 Å². The van der Waals surface area contributed by atoms with E-state index in [0.717, 1.165) is 19.3 Å². The smallest absolute Gasteiger partial charge is 0.339 e. The Morgan fingerprint density at radius 1 is 1.04 bits per heavy atom. The van der Waals surface area contributed by atoms with E-state index in [1.807, 2.05) is 0 Å². The second-order valence-corrected chi connectivity index (χ2v) is 13.0. The number of aromatic carboxylic acids is 1. The molecular formula is C35H37N3O15. The Kier molecular flexibility index (Phi) is 9.53. The fraction of sp³-hybridized carbons (Fsp3) is 0.429. The van der Waals surface area contributed by atoms with Crippen molar-refractivity contribution in [1.29, 1.82) is 0 Å². The van der Waals surface area contributed by atoms with Crippen molar-refractivity contribution in [3.05, 3.63) is 68.4 Å². The largest absolute Gasteiger partial charge is 0.507 e. The number of nitrogens with one attached hydrogen (secondary N) is 1. The van der Waals surface area contributed by atoms with Crippen LogP contribution in [0.4, 0.5) is 0 Å². The highest BCUT2D eigenvalue weighted by Crippen LogP contribution is 2.56. The summed E-state index contributed by atoms with van der Waals surface area (Å²) in [7, 11) is 3.64. The molecule has 18 nitrogen and oxygen atoms in total. The first-order chi connectivity index (χ1) is 25.1. The minimum atomic E-state index is -3.29. The van der Waals surface area contributed by atoms with Crippen molar-refractivity contribution in [2.45, 2.75) is 62.1 Å². The van der Waals surface area contributed by atoms with Crippen LogP contribution in [-0.4, -0.2) is 131 Å². The van der Waals surface area contributed by atoms with Gasteiger partial charge in [0.15, 0.2) is 23.2 Å². The first-order valence-electron chi connectivity index (χ1n) is 16.3. The van der Waals surface area contributed by atoms with Crippen LogP contribution in [-0.2, 0) is 35.8 Å². The number of carbonyl (C=O) groups is 5. The van der Waals surface area contributed by atoms with Crippen molar-refractivity contribution < 1.29 is 73.3 Å². The van der Waals surface area contributed by atoms with Crippen LogP contribution < -0.4 is 11.1 Å². The number of aliphatic hydroxyl groups is 2. The molecule has 0 spiro atoms. The van der Waals surface area contributed by atoms with Crippen molar-refractivity contribution >= 4 is 34.8 Å². The summed E-state index contributed by atoms with van der Waals surface area (Å²) < 4.78 is 22.6. The van der Waals surface area contributed by atoms with Crippen molar-refractivity contribution in [3.63, 3.8) is 0 Å². The van der Waals surface area contributed by atoms with E-state index < -0.39 is 122 Å². The molecule has 0 aromatic heterocycles. The van der Waals surface area contributed by atoms with E-state index >= 15 is 0 Å². The molecule has 7 atom stereocenters. The molecule has 0 bridgehead atoms. The molecule has 53 heavy (non-hydrogen) atoms. The van der Waals surface area contributed by atoms with Gasteiger partial charge in [0.1, 0.15) is 41.6 Å². The molecule has 8 N–H and O–H groups in total. The van der Waals surface area contributed by atoms with Gasteiger partial charge in [-0.1, -0.05) is 11.2 Å². The lowest BCUT2D eigenvalue weighted by Crippen LogP contribution is -2.73. The van der Waals surface area contributed by atoms with Gasteiger partial charge in [0.05, 0.1) is 29.0 Å². The van der Waals surface area contributed by atoms with E-state index in [2.05, 4.69) is 10.5 Å². The number of nitrogens with two attached hydrogens (primary N) is 1. The van der Waals surface area contributed by atoms with Gasteiger partial charge in [0.25, 0.3) is 0 Å². The summed E-state index contributed by atoms with van der Waals surface area (Å²) in [4.78, 5) is 74.1. The molecule has 18 heteroatoms. The van der Waals surface area contributed by atoms with Gasteiger partial charge in [-0.15, -0.1) is 0 Å². The normalized spacial score (nSPS) is 29.9. The third-order valence-corrected chi connectivity index (χ3v) is 10.2. The maximum atomic E-state index is 14.6. The lowest BCUT2D eigenvalue weighted by atomic mass is 9.56. The molecule has 0 radical (unpaired) electrons. The summed E-state index contributed by atoms with van der Waals surface area (Å²) in [6.07, 6.45) is -5.32. The number of aliphatic hydroxyl groups excluding tert-OH is 1. The number of carbonyl (C=O) groups excluding carboxylic acids is 4. The summed E-state index contributed by atoms with van der Waals surface area (Å²) in [6.45, 7) is 3.23. The van der Waals surface area contributed by atoms with E-state index in [-0.39, 0.29) is 35.7 Å². The number of allylic oxidation sites excluding steroid dienone is 2. The van der Waals surface area contributed by atoms with Crippen LogP contribution in [0.3, 0.4) is 0 Å². The predicted molar refractivity (Wildman–Crippen MR) is 178 cm³/mol. The minimum absolute atomic E-state index is 0.0263. The molecule has 1 aliphatic heterocycles. The van der Waals surface area contributed by atoms with E-state index in [4.69, 9.17) is 29.5 Å². The predicted octanol–water partition coefficient (Wildman–Crippen LogP) is -0.368. The monoisotopic (exact) mass is 739 g/mol. The number of carboxylic acids is 1. The number of aryl methyl sites for hydroxylation is 1. The summed E-state index contributed by atoms with van der Waals surface area (Å²) in [5, 5.41) is 63.3. The Morgan fingerprint density at radius 3 is 2.32 bits per heavy atom. The quantitative estimate of drug-likeness (QED) is 0.128. The van der Waals surface area contributed by atoms with Crippen molar-refractivity contribution in [2.75, 3.05) is 34.5 Å². The zero-order valence-electron chi connectivity index (χ0n) is 29.1. The average molecular weight is 740 g/mol. The standard InChI is InChI=1S/C35H37N3O15/c1-12-8-14-9-19(40)35(51-5)31(45)22-16(30(44)34(35,48)23(14)27(43)20(12)33(46)47)10-15-21(26(22)42)18(39)11-17(25(15)41)37-32-29(50-4)24(38-52-7-6-36)28(49-3)13(2)53-32/h8,10-11,13,19,28-29,32,37,40,42-43,48H,6-7,9,36H2,1-5H3,(H,46,47). The molecule has 1 heterocycles. The number of carboxylic acid groups (broad SMARTS) is 1. The van der Waals surface area contributed by atoms with Gasteiger partial charge in [0.2, 0.25) is 17.3 Å². The Balaban J connectivity index is 1.48. The van der Waals surface area contributed by atoms with E-state index in [9.17, 15) is 49.5 Å². The van der Waals surface area contributed by atoms with E-state index in [1.165, 1.54) is 27.2 Å². The number of fused-ring (bicyclic) bond motifs is 5. The number of nitrogens with zero attached hydrogens (tertiary/aromatic N) is 1. The van der Waals surface area contributed by atoms with Gasteiger partial charge in [0, 0.05) is 57.1 Å². The van der Waals surface area contributed by atoms with Crippen LogP contribution in [0.2, 0.25) is 0 Å². The first kappa shape index (κ1) is 37.7. The van der Waals surface area contributed by atoms with Gasteiger partial charge < -0.3 is 60.4 Å². The number of hydrogen-bond donors (Lipinski definition) is 7. The number of methoxy groups -OCH3 is 3. The molecular weight excluding hydrogens is 702 g/mol. The Morgan fingerprint density at radius 2 is 1.72 bits per heavy atom. The van der Waals surface area contributed by atoms with Crippen LogP contribution >= 0.6 is 0 Å². The molecule has 7 unspecified atom stereocenters. The number of hydrogen-bond acceptors (Lipinski definition) is 17. The SMILES string of the molecule is COC1C(=NOCCN)C(OC)C(NC2=CC(=O)c3c(cc4c(c3O)C(=O)C3(OC)C(O)Cc5cc(C)c(C(=O)O)c(O)c5C3(O)C4=O)C2=O)OC1C.